The van der Waals surface area contributed by atoms with Crippen LogP contribution in [0.3, 0.4) is 0 Å². The van der Waals surface area contributed by atoms with Crippen LogP contribution in [-0.2, 0) is 13.5 Å². The number of rotatable bonds is 4. The summed E-state index contributed by atoms with van der Waals surface area (Å²) in [6.07, 6.45) is 1.51. The number of carbonyl (C=O) groups excluding carboxylic acids is 1. The number of methoxy groups -OCH3 is 1. The molecule has 100 valence electrons. The van der Waals surface area contributed by atoms with E-state index in [4.69, 9.17) is 4.74 Å². The summed E-state index contributed by atoms with van der Waals surface area (Å²) in [7, 11) is 3.16. The molecule has 0 unspecified atom stereocenters. The summed E-state index contributed by atoms with van der Waals surface area (Å²) < 4.78 is 20.5. The molecule has 0 N–H and O–H groups in total. The second kappa shape index (κ2) is 5.22. The molecule has 1 aromatic carbocycles. The van der Waals surface area contributed by atoms with Gasteiger partial charge in [-0.15, -0.1) is 0 Å². The molecule has 0 radical (unpaired) electrons. The van der Waals surface area contributed by atoms with Crippen molar-refractivity contribution in [2.75, 3.05) is 7.11 Å². The van der Waals surface area contributed by atoms with Gasteiger partial charge in [0, 0.05) is 19.2 Å². The molecular formula is C14H15FN2O2. The van der Waals surface area contributed by atoms with E-state index in [9.17, 15) is 9.18 Å². The highest BCUT2D eigenvalue weighted by atomic mass is 19.1. The lowest BCUT2D eigenvalue weighted by molar-refractivity contribution is 0.0991. The first-order chi connectivity index (χ1) is 9.04. The highest BCUT2D eigenvalue weighted by Gasteiger charge is 2.16. The SMILES string of the molecule is COc1cccc(CC(=O)c2cnn(C)c2C)c1F. The van der Waals surface area contributed by atoms with Gasteiger partial charge < -0.3 is 4.74 Å². The molecule has 1 heterocycles. The Kier molecular flexibility index (Phi) is 3.64. The maximum Gasteiger partial charge on any atom is 0.170 e. The standard InChI is InChI=1S/C14H15FN2O2/c1-9-11(8-16-17(9)2)12(18)7-10-5-4-6-13(19-3)14(10)15/h4-6,8H,7H2,1-3H3. The van der Waals surface area contributed by atoms with E-state index in [0.717, 1.165) is 5.69 Å². The number of Topliss-reactive ketones (excluding diaryl/α,β-unsaturated/α-hetero) is 1. The van der Waals surface area contributed by atoms with Crippen LogP contribution in [0, 0.1) is 12.7 Å². The Morgan fingerprint density at radius 3 is 2.79 bits per heavy atom. The molecule has 0 saturated heterocycles. The molecule has 0 aliphatic heterocycles. The first-order valence-corrected chi connectivity index (χ1v) is 5.87. The highest BCUT2D eigenvalue weighted by molar-refractivity contribution is 5.98. The zero-order chi connectivity index (χ0) is 14.0. The van der Waals surface area contributed by atoms with Gasteiger partial charge in [-0.1, -0.05) is 12.1 Å². The van der Waals surface area contributed by atoms with Crippen LogP contribution >= 0.6 is 0 Å². The number of ketones is 1. The normalized spacial score (nSPS) is 10.5. The van der Waals surface area contributed by atoms with Crippen LogP contribution in [0.25, 0.3) is 0 Å². The van der Waals surface area contributed by atoms with E-state index in [1.807, 2.05) is 6.92 Å². The molecule has 1 aromatic heterocycles. The lowest BCUT2D eigenvalue weighted by Crippen LogP contribution is -2.07. The van der Waals surface area contributed by atoms with Gasteiger partial charge in [-0.05, 0) is 18.6 Å². The third kappa shape index (κ3) is 2.50. The molecule has 0 fully saturated rings. The van der Waals surface area contributed by atoms with E-state index in [-0.39, 0.29) is 18.0 Å². The molecule has 0 amide bonds. The number of benzene rings is 1. The number of carbonyl (C=O) groups is 1. The molecule has 0 aliphatic rings. The minimum absolute atomic E-state index is 0.00440. The largest absolute Gasteiger partial charge is 0.494 e. The lowest BCUT2D eigenvalue weighted by Gasteiger charge is -2.06. The van der Waals surface area contributed by atoms with E-state index in [1.165, 1.54) is 19.4 Å². The van der Waals surface area contributed by atoms with Crippen LogP contribution in [0.5, 0.6) is 5.75 Å². The summed E-state index contributed by atoms with van der Waals surface area (Å²) in [5, 5.41) is 4.01. The van der Waals surface area contributed by atoms with E-state index < -0.39 is 5.82 Å². The predicted octanol–water partition coefficient (Wildman–Crippen LogP) is 2.30. The minimum Gasteiger partial charge on any atom is -0.494 e. The van der Waals surface area contributed by atoms with E-state index in [0.29, 0.717) is 11.1 Å². The molecule has 4 nitrogen and oxygen atoms in total. The first kappa shape index (κ1) is 13.3. The third-order valence-electron chi connectivity index (χ3n) is 3.15. The summed E-state index contributed by atoms with van der Waals surface area (Å²) in [5.41, 5.74) is 1.62. The Hall–Kier alpha value is -2.17. The average molecular weight is 262 g/mol. The summed E-state index contributed by atoms with van der Waals surface area (Å²) in [6.45, 7) is 1.81. The van der Waals surface area contributed by atoms with Gasteiger partial charge >= 0.3 is 0 Å². The maximum atomic E-state index is 14.0. The van der Waals surface area contributed by atoms with Crippen LogP contribution in [0.2, 0.25) is 0 Å². The Balaban J connectivity index is 2.27. The summed E-state index contributed by atoms with van der Waals surface area (Å²) in [6, 6.07) is 4.78. The Morgan fingerprint density at radius 1 is 1.47 bits per heavy atom. The van der Waals surface area contributed by atoms with Crippen molar-refractivity contribution in [3.05, 3.63) is 47.0 Å². The second-order valence-electron chi connectivity index (χ2n) is 4.30. The zero-order valence-corrected chi connectivity index (χ0v) is 11.1. The molecule has 0 spiro atoms. The summed E-state index contributed by atoms with van der Waals surface area (Å²) in [4.78, 5) is 12.1. The van der Waals surface area contributed by atoms with Crippen LogP contribution < -0.4 is 4.74 Å². The van der Waals surface area contributed by atoms with Crippen LogP contribution in [0.1, 0.15) is 21.6 Å². The van der Waals surface area contributed by atoms with Crippen molar-refractivity contribution in [2.45, 2.75) is 13.3 Å². The van der Waals surface area contributed by atoms with Crippen molar-refractivity contribution in [2.24, 2.45) is 7.05 Å². The van der Waals surface area contributed by atoms with E-state index in [2.05, 4.69) is 5.10 Å². The van der Waals surface area contributed by atoms with Gasteiger partial charge in [0.1, 0.15) is 0 Å². The van der Waals surface area contributed by atoms with E-state index in [1.54, 1.807) is 23.9 Å². The predicted molar refractivity (Wildman–Crippen MR) is 68.9 cm³/mol. The molecule has 19 heavy (non-hydrogen) atoms. The van der Waals surface area contributed by atoms with Gasteiger partial charge in [0.15, 0.2) is 17.3 Å². The van der Waals surface area contributed by atoms with Gasteiger partial charge in [-0.3, -0.25) is 9.48 Å². The number of hydrogen-bond acceptors (Lipinski definition) is 3. The smallest absolute Gasteiger partial charge is 0.170 e. The monoisotopic (exact) mass is 262 g/mol. The second-order valence-corrected chi connectivity index (χ2v) is 4.30. The molecule has 0 atom stereocenters. The first-order valence-electron chi connectivity index (χ1n) is 5.87. The van der Waals surface area contributed by atoms with Gasteiger partial charge in [-0.2, -0.15) is 5.10 Å². The van der Waals surface area contributed by atoms with Crippen molar-refractivity contribution in [3.8, 4) is 5.75 Å². The fraction of sp³-hybridized carbons (Fsp3) is 0.286. The molecule has 2 rings (SSSR count). The van der Waals surface area contributed by atoms with Crippen molar-refractivity contribution < 1.29 is 13.9 Å². The van der Waals surface area contributed by atoms with Crippen molar-refractivity contribution in [3.63, 3.8) is 0 Å². The molecule has 2 aromatic rings. The molecule has 5 heteroatoms. The van der Waals surface area contributed by atoms with E-state index >= 15 is 0 Å². The number of aryl methyl sites for hydroxylation is 1. The number of ether oxygens (including phenoxy) is 1. The average Bonchev–Trinajstić information content (AvgIpc) is 2.72. The molecule has 0 saturated carbocycles. The van der Waals surface area contributed by atoms with Crippen LogP contribution in [-0.4, -0.2) is 22.7 Å². The number of aromatic nitrogens is 2. The van der Waals surface area contributed by atoms with Gasteiger partial charge in [0.2, 0.25) is 0 Å². The van der Waals surface area contributed by atoms with Crippen LogP contribution in [0.15, 0.2) is 24.4 Å². The number of nitrogens with zero attached hydrogens (tertiary/aromatic N) is 2. The van der Waals surface area contributed by atoms with Crippen molar-refractivity contribution in [1.29, 1.82) is 0 Å². The fourth-order valence-electron chi connectivity index (χ4n) is 1.89. The number of halogens is 1. The topological polar surface area (TPSA) is 44.1 Å². The van der Waals surface area contributed by atoms with Gasteiger partial charge in [0.05, 0.1) is 18.9 Å². The van der Waals surface area contributed by atoms with Crippen molar-refractivity contribution in [1.82, 2.24) is 9.78 Å². The quantitative estimate of drug-likeness (QED) is 0.794. The Bertz CT molecular complexity index is 620. The lowest BCUT2D eigenvalue weighted by atomic mass is 10.0. The Labute approximate surface area is 110 Å². The van der Waals surface area contributed by atoms with Crippen LogP contribution in [0.4, 0.5) is 4.39 Å². The minimum atomic E-state index is -0.486. The third-order valence-corrected chi connectivity index (χ3v) is 3.15. The Morgan fingerprint density at radius 2 is 2.21 bits per heavy atom. The summed E-state index contributed by atoms with van der Waals surface area (Å²) >= 11 is 0. The number of hydrogen-bond donors (Lipinski definition) is 0. The summed E-state index contributed by atoms with van der Waals surface area (Å²) in [5.74, 6) is -0.495. The zero-order valence-electron chi connectivity index (χ0n) is 11.1. The fourth-order valence-corrected chi connectivity index (χ4v) is 1.89. The molecule has 0 aliphatic carbocycles. The maximum absolute atomic E-state index is 14.0. The van der Waals surface area contributed by atoms with Crippen molar-refractivity contribution >= 4 is 5.78 Å². The molecule has 0 bridgehead atoms. The molecular weight excluding hydrogens is 247 g/mol. The highest BCUT2D eigenvalue weighted by Crippen LogP contribution is 2.21. The van der Waals surface area contributed by atoms with Gasteiger partial charge in [-0.25, -0.2) is 4.39 Å². The van der Waals surface area contributed by atoms with Gasteiger partial charge in [0.25, 0.3) is 0 Å².